The van der Waals surface area contributed by atoms with E-state index in [1.165, 1.54) is 18.5 Å². The molecule has 0 saturated carbocycles. The highest BCUT2D eigenvalue weighted by atomic mass is 35.5. The van der Waals surface area contributed by atoms with E-state index in [1.54, 1.807) is 12.1 Å². The Hall–Kier alpha value is -1.04. The molecule has 4 nitrogen and oxygen atoms in total. The maximum absolute atomic E-state index is 12.6. The Bertz CT molecular complexity index is 708. The minimum Gasteiger partial charge on any atom is -0.240 e. The zero-order valence-corrected chi connectivity index (χ0v) is 12.7. The average molecular weight is 319 g/mol. The number of benzene rings is 1. The van der Waals surface area contributed by atoms with Crippen LogP contribution in [0.15, 0.2) is 35.5 Å². The largest absolute Gasteiger partial charge is 0.270 e. The minimum atomic E-state index is -3.79. The maximum Gasteiger partial charge on any atom is 0.270 e. The first kappa shape index (κ1) is 14.4. The fourth-order valence-corrected chi connectivity index (χ4v) is 3.87. The SMILES string of the molecule is CC(C)c1nccn1S(=O)(=O)c1cccc(Cl)c1Cl. The second kappa shape index (κ2) is 5.15. The molecule has 0 fully saturated rings. The summed E-state index contributed by atoms with van der Waals surface area (Å²) in [5.74, 6) is 0.429. The topological polar surface area (TPSA) is 52.0 Å². The van der Waals surface area contributed by atoms with Gasteiger partial charge in [0, 0.05) is 18.3 Å². The van der Waals surface area contributed by atoms with Crippen LogP contribution in [0.1, 0.15) is 25.6 Å². The molecule has 0 aliphatic carbocycles. The van der Waals surface area contributed by atoms with Crippen LogP contribution in [0.5, 0.6) is 0 Å². The van der Waals surface area contributed by atoms with E-state index in [4.69, 9.17) is 23.2 Å². The summed E-state index contributed by atoms with van der Waals surface area (Å²) in [7, 11) is -3.79. The van der Waals surface area contributed by atoms with Crippen molar-refractivity contribution in [3.63, 3.8) is 0 Å². The highest BCUT2D eigenvalue weighted by molar-refractivity contribution is 7.90. The molecule has 0 unspecified atom stereocenters. The van der Waals surface area contributed by atoms with Gasteiger partial charge in [-0.15, -0.1) is 0 Å². The fraction of sp³-hybridized carbons (Fsp3) is 0.250. The standard InChI is InChI=1S/C12H12Cl2N2O2S/c1-8(2)12-15-6-7-16(12)19(17,18)10-5-3-4-9(13)11(10)14/h3-8H,1-2H3. The lowest BCUT2D eigenvalue weighted by molar-refractivity contribution is 0.581. The molecule has 1 aromatic carbocycles. The van der Waals surface area contributed by atoms with Crippen LogP contribution in [0.2, 0.25) is 10.0 Å². The summed E-state index contributed by atoms with van der Waals surface area (Å²) in [5.41, 5.74) is 0. The van der Waals surface area contributed by atoms with Crippen LogP contribution >= 0.6 is 23.2 Å². The molecule has 0 N–H and O–H groups in total. The molecule has 19 heavy (non-hydrogen) atoms. The number of hydrogen-bond donors (Lipinski definition) is 0. The average Bonchev–Trinajstić information content (AvgIpc) is 2.82. The lowest BCUT2D eigenvalue weighted by Gasteiger charge is -2.12. The van der Waals surface area contributed by atoms with Gasteiger partial charge in [0.1, 0.15) is 10.7 Å². The van der Waals surface area contributed by atoms with E-state index < -0.39 is 10.0 Å². The maximum atomic E-state index is 12.6. The number of nitrogens with zero attached hydrogens (tertiary/aromatic N) is 2. The molecule has 0 atom stereocenters. The van der Waals surface area contributed by atoms with E-state index >= 15 is 0 Å². The van der Waals surface area contributed by atoms with Crippen LogP contribution in [0.4, 0.5) is 0 Å². The molecule has 7 heteroatoms. The summed E-state index contributed by atoms with van der Waals surface area (Å²) in [6, 6.07) is 4.51. The zero-order valence-electron chi connectivity index (χ0n) is 10.3. The highest BCUT2D eigenvalue weighted by Gasteiger charge is 2.24. The molecule has 2 aromatic rings. The van der Waals surface area contributed by atoms with Gasteiger partial charge in [0.25, 0.3) is 10.0 Å². The first-order valence-corrected chi connectivity index (χ1v) is 7.78. The quantitative estimate of drug-likeness (QED) is 0.869. The van der Waals surface area contributed by atoms with Gasteiger partial charge in [-0.2, -0.15) is 0 Å². The van der Waals surface area contributed by atoms with Crippen molar-refractivity contribution in [1.29, 1.82) is 0 Å². The molecular weight excluding hydrogens is 307 g/mol. The molecule has 0 saturated heterocycles. The monoisotopic (exact) mass is 318 g/mol. The number of aromatic nitrogens is 2. The molecular formula is C12H12Cl2N2O2S. The van der Waals surface area contributed by atoms with E-state index in [9.17, 15) is 8.42 Å². The molecule has 0 aliphatic rings. The van der Waals surface area contributed by atoms with Gasteiger partial charge in [0.2, 0.25) is 0 Å². The smallest absolute Gasteiger partial charge is 0.240 e. The van der Waals surface area contributed by atoms with Crippen molar-refractivity contribution in [3.8, 4) is 0 Å². The number of rotatable bonds is 3. The van der Waals surface area contributed by atoms with Crippen molar-refractivity contribution in [1.82, 2.24) is 8.96 Å². The van der Waals surface area contributed by atoms with Crippen LogP contribution in [0.3, 0.4) is 0 Å². The first-order chi connectivity index (χ1) is 8.85. The third-order valence-electron chi connectivity index (χ3n) is 2.60. The molecule has 1 heterocycles. The summed E-state index contributed by atoms with van der Waals surface area (Å²) < 4.78 is 26.3. The van der Waals surface area contributed by atoms with Crippen molar-refractivity contribution >= 4 is 33.2 Å². The van der Waals surface area contributed by atoms with Gasteiger partial charge in [-0.25, -0.2) is 17.4 Å². The number of halogens is 2. The van der Waals surface area contributed by atoms with Crippen LogP contribution in [-0.2, 0) is 10.0 Å². The van der Waals surface area contributed by atoms with Gasteiger partial charge < -0.3 is 0 Å². The van der Waals surface area contributed by atoms with E-state index in [0.717, 1.165) is 3.97 Å². The number of imidazole rings is 1. The summed E-state index contributed by atoms with van der Waals surface area (Å²) in [5, 5.41) is 0.224. The van der Waals surface area contributed by atoms with Crippen molar-refractivity contribution in [3.05, 3.63) is 46.5 Å². The Morgan fingerprint density at radius 2 is 1.95 bits per heavy atom. The molecule has 0 radical (unpaired) electrons. The van der Waals surface area contributed by atoms with Crippen LogP contribution in [-0.4, -0.2) is 17.4 Å². The van der Waals surface area contributed by atoms with Crippen molar-refractivity contribution in [2.45, 2.75) is 24.7 Å². The van der Waals surface area contributed by atoms with Crippen LogP contribution in [0, 0.1) is 0 Å². The van der Waals surface area contributed by atoms with Crippen molar-refractivity contribution < 1.29 is 8.42 Å². The minimum absolute atomic E-state index is 0.0209. The molecule has 0 spiro atoms. The van der Waals surface area contributed by atoms with Crippen molar-refractivity contribution in [2.24, 2.45) is 0 Å². The Morgan fingerprint density at radius 1 is 1.26 bits per heavy atom. The second-order valence-electron chi connectivity index (χ2n) is 4.29. The number of hydrogen-bond acceptors (Lipinski definition) is 3. The van der Waals surface area contributed by atoms with Gasteiger partial charge in [-0.1, -0.05) is 43.1 Å². The van der Waals surface area contributed by atoms with E-state index in [0.29, 0.717) is 5.82 Å². The lowest BCUT2D eigenvalue weighted by Crippen LogP contribution is -2.16. The molecule has 2 rings (SSSR count). The summed E-state index contributed by atoms with van der Waals surface area (Å²) >= 11 is 11.8. The summed E-state index contributed by atoms with van der Waals surface area (Å²) in [6.45, 7) is 3.74. The normalized spacial score (nSPS) is 12.1. The van der Waals surface area contributed by atoms with Crippen molar-refractivity contribution in [2.75, 3.05) is 0 Å². The Balaban J connectivity index is 2.66. The van der Waals surface area contributed by atoms with Gasteiger partial charge in [0.15, 0.2) is 0 Å². The molecule has 0 bridgehead atoms. The predicted octanol–water partition coefficient (Wildman–Crippen LogP) is 3.55. The Morgan fingerprint density at radius 3 is 2.58 bits per heavy atom. The molecule has 102 valence electrons. The molecule has 1 aromatic heterocycles. The molecule has 0 amide bonds. The van der Waals surface area contributed by atoms with E-state index in [-0.39, 0.29) is 20.9 Å². The molecule has 0 aliphatic heterocycles. The summed E-state index contributed by atoms with van der Waals surface area (Å²) in [4.78, 5) is 4.04. The van der Waals surface area contributed by atoms with Gasteiger partial charge in [-0.05, 0) is 12.1 Å². The Kier molecular flexibility index (Phi) is 3.90. The van der Waals surface area contributed by atoms with Gasteiger partial charge in [0.05, 0.1) is 10.0 Å². The first-order valence-electron chi connectivity index (χ1n) is 5.58. The van der Waals surface area contributed by atoms with Crippen LogP contribution < -0.4 is 0 Å². The summed E-state index contributed by atoms with van der Waals surface area (Å²) in [6.07, 6.45) is 2.85. The fourth-order valence-electron chi connectivity index (χ4n) is 1.70. The highest BCUT2D eigenvalue weighted by Crippen LogP contribution is 2.31. The van der Waals surface area contributed by atoms with E-state index in [2.05, 4.69) is 4.98 Å². The Labute approximate surface area is 122 Å². The third kappa shape index (κ3) is 2.50. The van der Waals surface area contributed by atoms with Crippen LogP contribution in [0.25, 0.3) is 0 Å². The zero-order chi connectivity index (χ0) is 14.2. The third-order valence-corrected chi connectivity index (χ3v) is 5.26. The van der Waals surface area contributed by atoms with Gasteiger partial charge >= 0.3 is 0 Å². The van der Waals surface area contributed by atoms with Gasteiger partial charge in [-0.3, -0.25) is 0 Å². The van der Waals surface area contributed by atoms with E-state index in [1.807, 2.05) is 13.8 Å². The lowest BCUT2D eigenvalue weighted by atomic mass is 10.2. The second-order valence-corrected chi connectivity index (χ2v) is 6.86. The predicted molar refractivity (Wildman–Crippen MR) is 75.4 cm³/mol.